The van der Waals surface area contributed by atoms with Gasteiger partial charge in [-0.25, -0.2) is 4.98 Å². The number of rotatable bonds is 5. The van der Waals surface area contributed by atoms with E-state index in [0.717, 1.165) is 30.0 Å². The van der Waals surface area contributed by atoms with Crippen LogP contribution in [0, 0.1) is 24.2 Å². The van der Waals surface area contributed by atoms with E-state index in [4.69, 9.17) is 9.47 Å². The van der Waals surface area contributed by atoms with E-state index >= 15 is 0 Å². The Hall–Kier alpha value is -1.65. The summed E-state index contributed by atoms with van der Waals surface area (Å²) < 4.78 is 11.4. The minimum absolute atomic E-state index is 0.0111. The molecule has 8 nitrogen and oxygen atoms in total. The van der Waals surface area contributed by atoms with Crippen molar-refractivity contribution >= 4 is 29.1 Å². The van der Waals surface area contributed by atoms with Crippen molar-refractivity contribution in [3.05, 3.63) is 22.2 Å². The second kappa shape index (κ2) is 11.8. The Morgan fingerprint density at radius 2 is 1.97 bits per heavy atom. The molecule has 0 radical (unpaired) electrons. The van der Waals surface area contributed by atoms with Gasteiger partial charge in [0, 0.05) is 17.7 Å². The van der Waals surface area contributed by atoms with Crippen molar-refractivity contribution in [2.45, 2.75) is 116 Å². The van der Waals surface area contributed by atoms with Crippen molar-refractivity contribution in [2.24, 2.45) is 17.3 Å². The van der Waals surface area contributed by atoms with Crippen LogP contribution in [0.5, 0.6) is 0 Å². The van der Waals surface area contributed by atoms with Gasteiger partial charge in [-0.15, -0.1) is 11.3 Å². The molecule has 9 heteroatoms. The Kier molecular flexibility index (Phi) is 9.14. The predicted octanol–water partition coefficient (Wildman–Crippen LogP) is 3.82. The molecule has 8 unspecified atom stereocenters. The normalized spacial score (nSPS) is 38.6. The Labute approximate surface area is 230 Å². The lowest BCUT2D eigenvalue weighted by Crippen LogP contribution is -2.48. The number of aliphatic hydroxyl groups excluding tert-OH is 2. The number of carbonyl (C=O) groups excluding carboxylic acids is 2. The summed E-state index contributed by atoms with van der Waals surface area (Å²) >= 11 is 1.57. The average molecular weight is 549 g/mol. The second-order valence-corrected chi connectivity index (χ2v) is 13.3. The number of nitrogens with one attached hydrogen (secondary N) is 1. The van der Waals surface area contributed by atoms with Gasteiger partial charge in [0.2, 0.25) is 5.91 Å². The van der Waals surface area contributed by atoms with Gasteiger partial charge in [-0.3, -0.25) is 9.59 Å². The van der Waals surface area contributed by atoms with Crippen LogP contribution >= 0.6 is 11.3 Å². The van der Waals surface area contributed by atoms with E-state index in [-0.39, 0.29) is 47.9 Å². The maximum Gasteiger partial charge on any atom is 0.223 e. The number of hydrogen-bond acceptors (Lipinski definition) is 8. The number of epoxide rings is 2. The van der Waals surface area contributed by atoms with E-state index in [9.17, 15) is 19.8 Å². The van der Waals surface area contributed by atoms with E-state index in [2.05, 4.69) is 17.2 Å². The second-order valence-electron chi connectivity index (χ2n) is 12.3. The molecule has 1 aromatic heterocycles. The van der Waals surface area contributed by atoms with Gasteiger partial charge in [-0.05, 0) is 51.5 Å². The summed E-state index contributed by atoms with van der Waals surface area (Å²) in [6.07, 6.45) is 6.12. The number of carbonyl (C=O) groups is 2. The zero-order valence-corrected chi connectivity index (χ0v) is 24.1. The molecular formula is C29H44N2O6S. The molecule has 0 saturated carbocycles. The van der Waals surface area contributed by atoms with Crippen LogP contribution in [0.25, 0.3) is 6.08 Å². The third kappa shape index (κ3) is 7.30. The molecule has 3 aliphatic heterocycles. The van der Waals surface area contributed by atoms with Crippen molar-refractivity contribution in [1.82, 2.24) is 10.3 Å². The van der Waals surface area contributed by atoms with Crippen LogP contribution < -0.4 is 5.32 Å². The number of aliphatic hydroxyl groups is 2. The number of Topliss-reactive ketones (excluding diaryl/α,β-unsaturated/α-hetero) is 1. The average Bonchev–Trinajstić information content (AvgIpc) is 3.75. The molecule has 1 aromatic rings. The SMILES string of the molecule is Cc1nc(C=CC2CC3OC3(C)CCCC(C)C(O)C(CCC3CO3)C(=O)C(C)(C)C(O)CC(=O)N2)cs1. The summed E-state index contributed by atoms with van der Waals surface area (Å²) in [5, 5.41) is 28.4. The zero-order chi connectivity index (χ0) is 27.7. The lowest BCUT2D eigenvalue weighted by Gasteiger charge is -2.36. The Morgan fingerprint density at radius 1 is 1.24 bits per heavy atom. The van der Waals surface area contributed by atoms with E-state index in [1.807, 2.05) is 31.4 Å². The van der Waals surface area contributed by atoms with Crippen LogP contribution in [0.3, 0.4) is 0 Å². The number of fused-ring (bicyclic) bond motifs is 1. The molecule has 3 N–H and O–H groups in total. The number of thiazole rings is 1. The molecule has 3 fully saturated rings. The van der Waals surface area contributed by atoms with Gasteiger partial charge in [0.15, 0.2) is 0 Å². The summed E-state index contributed by atoms with van der Waals surface area (Å²) in [5.41, 5.74) is -0.614. The van der Waals surface area contributed by atoms with Gasteiger partial charge in [0.1, 0.15) is 5.78 Å². The van der Waals surface area contributed by atoms with Gasteiger partial charge in [-0.1, -0.05) is 33.3 Å². The third-order valence-electron chi connectivity index (χ3n) is 8.70. The van der Waals surface area contributed by atoms with Gasteiger partial charge < -0.3 is 25.0 Å². The molecule has 0 bridgehead atoms. The smallest absolute Gasteiger partial charge is 0.223 e. The Morgan fingerprint density at radius 3 is 2.63 bits per heavy atom. The highest BCUT2D eigenvalue weighted by Crippen LogP contribution is 2.44. The maximum absolute atomic E-state index is 13.8. The van der Waals surface area contributed by atoms with Crippen LogP contribution in [0.4, 0.5) is 0 Å². The zero-order valence-electron chi connectivity index (χ0n) is 23.3. The fourth-order valence-corrected chi connectivity index (χ4v) is 6.21. The molecule has 0 aliphatic carbocycles. The number of amides is 1. The quantitative estimate of drug-likeness (QED) is 0.478. The molecule has 0 aromatic carbocycles. The first kappa shape index (κ1) is 29.3. The molecule has 4 rings (SSSR count). The van der Waals surface area contributed by atoms with Crippen LogP contribution in [-0.2, 0) is 19.1 Å². The standard InChI is InChI=1S/C29H44N2O6S/c1-17-7-6-12-29(5)24(37-29)13-19(8-9-20-16-38-18(2)30-20)31-25(33)14-23(32)28(3,4)27(35)22(26(17)34)11-10-21-15-36-21/h8-9,16-17,19,21-24,26,32,34H,6-7,10-15H2,1-5H3,(H,31,33). The first-order valence-electron chi connectivity index (χ1n) is 14.0. The molecule has 38 heavy (non-hydrogen) atoms. The third-order valence-corrected chi connectivity index (χ3v) is 9.49. The molecule has 1 amide bonds. The lowest BCUT2D eigenvalue weighted by atomic mass is 9.70. The number of aromatic nitrogens is 1. The summed E-state index contributed by atoms with van der Waals surface area (Å²) in [6, 6.07) is -0.290. The van der Waals surface area contributed by atoms with E-state index in [1.165, 1.54) is 0 Å². The highest BCUT2D eigenvalue weighted by molar-refractivity contribution is 7.09. The number of ether oxygens (including phenoxy) is 2. The first-order valence-corrected chi connectivity index (χ1v) is 14.9. The van der Waals surface area contributed by atoms with E-state index < -0.39 is 23.5 Å². The number of ketones is 1. The van der Waals surface area contributed by atoms with Crippen molar-refractivity contribution in [1.29, 1.82) is 0 Å². The highest BCUT2D eigenvalue weighted by Gasteiger charge is 2.52. The largest absolute Gasteiger partial charge is 0.392 e. The van der Waals surface area contributed by atoms with Crippen molar-refractivity contribution < 1.29 is 29.3 Å². The fraction of sp³-hybridized carbons (Fsp3) is 0.759. The number of nitrogens with zero attached hydrogens (tertiary/aromatic N) is 1. The lowest BCUT2D eigenvalue weighted by molar-refractivity contribution is -0.144. The highest BCUT2D eigenvalue weighted by atomic mass is 32.1. The van der Waals surface area contributed by atoms with Gasteiger partial charge in [0.05, 0.1) is 65.2 Å². The summed E-state index contributed by atoms with van der Waals surface area (Å²) in [4.78, 5) is 31.3. The maximum atomic E-state index is 13.8. The molecule has 8 atom stereocenters. The number of hydrogen-bond donors (Lipinski definition) is 3. The van der Waals surface area contributed by atoms with E-state index in [0.29, 0.717) is 25.9 Å². The summed E-state index contributed by atoms with van der Waals surface area (Å²) in [5.74, 6) is -1.22. The van der Waals surface area contributed by atoms with Gasteiger partial charge in [0.25, 0.3) is 0 Å². The van der Waals surface area contributed by atoms with Gasteiger partial charge >= 0.3 is 0 Å². The predicted molar refractivity (Wildman–Crippen MR) is 147 cm³/mol. The Balaban J connectivity index is 1.53. The topological polar surface area (TPSA) is 125 Å². The molecule has 3 aliphatic rings. The molecule has 4 heterocycles. The van der Waals surface area contributed by atoms with Gasteiger partial charge in [-0.2, -0.15) is 0 Å². The van der Waals surface area contributed by atoms with Crippen LogP contribution in [0.15, 0.2) is 11.5 Å². The first-order chi connectivity index (χ1) is 17.9. The molecule has 3 saturated heterocycles. The summed E-state index contributed by atoms with van der Waals surface area (Å²) in [7, 11) is 0. The monoisotopic (exact) mass is 548 g/mol. The van der Waals surface area contributed by atoms with Crippen LogP contribution in [-0.4, -0.2) is 69.6 Å². The van der Waals surface area contributed by atoms with Crippen LogP contribution in [0.2, 0.25) is 0 Å². The molecule has 212 valence electrons. The van der Waals surface area contributed by atoms with Crippen molar-refractivity contribution in [2.75, 3.05) is 6.61 Å². The Bertz CT molecular complexity index is 1020. The fourth-order valence-electron chi connectivity index (χ4n) is 5.63. The molecular weight excluding hydrogens is 504 g/mol. The molecule has 0 spiro atoms. The van der Waals surface area contributed by atoms with E-state index in [1.54, 1.807) is 25.2 Å². The minimum Gasteiger partial charge on any atom is -0.392 e. The van der Waals surface area contributed by atoms with Crippen molar-refractivity contribution in [3.8, 4) is 0 Å². The number of aryl methyl sites for hydroxylation is 1. The summed E-state index contributed by atoms with van der Waals surface area (Å²) in [6.45, 7) is 10.1. The van der Waals surface area contributed by atoms with Crippen LogP contribution in [0.1, 0.15) is 83.3 Å². The van der Waals surface area contributed by atoms with Crippen molar-refractivity contribution in [3.63, 3.8) is 0 Å². The minimum atomic E-state index is -1.19.